The predicted molar refractivity (Wildman–Crippen MR) is 74.1 cm³/mol. The highest BCUT2D eigenvalue weighted by Crippen LogP contribution is 2.20. The lowest BCUT2D eigenvalue weighted by atomic mass is 10.1. The Morgan fingerprint density at radius 2 is 2.06 bits per heavy atom. The molecule has 2 aromatic rings. The summed E-state index contributed by atoms with van der Waals surface area (Å²) >= 11 is 0. The molecule has 0 aliphatic heterocycles. The van der Waals surface area contributed by atoms with Crippen molar-refractivity contribution >= 4 is 11.4 Å². The standard InChI is InChI=1S/C15H15N3/c1-11-5-6-14(17)15(7-11)18-10-13-4-2-3-12(8-13)9-16/h2-8,18H,10,17H2,1H3. The van der Waals surface area contributed by atoms with Crippen molar-refractivity contribution in [1.82, 2.24) is 0 Å². The first kappa shape index (κ1) is 12.0. The molecular weight excluding hydrogens is 222 g/mol. The lowest BCUT2D eigenvalue weighted by Crippen LogP contribution is -2.02. The Hall–Kier alpha value is -2.47. The molecule has 2 aromatic carbocycles. The smallest absolute Gasteiger partial charge is 0.0991 e. The highest BCUT2D eigenvalue weighted by molar-refractivity contribution is 5.67. The summed E-state index contributed by atoms with van der Waals surface area (Å²) in [5.41, 5.74) is 10.5. The van der Waals surface area contributed by atoms with Gasteiger partial charge in [-0.3, -0.25) is 0 Å². The number of rotatable bonds is 3. The van der Waals surface area contributed by atoms with Gasteiger partial charge < -0.3 is 11.1 Å². The van der Waals surface area contributed by atoms with E-state index in [4.69, 9.17) is 11.0 Å². The lowest BCUT2D eigenvalue weighted by molar-refractivity contribution is 1.14. The molecule has 0 amide bonds. The van der Waals surface area contributed by atoms with Crippen LogP contribution in [0, 0.1) is 18.3 Å². The molecule has 0 bridgehead atoms. The van der Waals surface area contributed by atoms with Crippen LogP contribution in [0.2, 0.25) is 0 Å². The van der Waals surface area contributed by atoms with Crippen molar-refractivity contribution in [2.45, 2.75) is 13.5 Å². The quantitative estimate of drug-likeness (QED) is 0.806. The maximum atomic E-state index is 8.84. The molecule has 0 unspecified atom stereocenters. The summed E-state index contributed by atoms with van der Waals surface area (Å²) in [7, 11) is 0. The van der Waals surface area contributed by atoms with Gasteiger partial charge in [-0.1, -0.05) is 18.2 Å². The van der Waals surface area contributed by atoms with E-state index in [1.807, 2.05) is 43.3 Å². The normalized spacial score (nSPS) is 9.78. The zero-order valence-electron chi connectivity index (χ0n) is 10.3. The summed E-state index contributed by atoms with van der Waals surface area (Å²) in [6.45, 7) is 2.68. The van der Waals surface area contributed by atoms with E-state index in [1.165, 1.54) is 0 Å². The van der Waals surface area contributed by atoms with E-state index in [2.05, 4.69) is 11.4 Å². The largest absolute Gasteiger partial charge is 0.397 e. The Morgan fingerprint density at radius 3 is 2.83 bits per heavy atom. The number of nitrogens with one attached hydrogen (secondary N) is 1. The number of hydrogen-bond donors (Lipinski definition) is 2. The molecule has 0 aromatic heterocycles. The van der Waals surface area contributed by atoms with Gasteiger partial charge in [-0.2, -0.15) is 5.26 Å². The Balaban J connectivity index is 2.11. The molecule has 2 rings (SSSR count). The van der Waals surface area contributed by atoms with E-state index in [1.54, 1.807) is 6.07 Å². The minimum Gasteiger partial charge on any atom is -0.397 e. The van der Waals surface area contributed by atoms with Gasteiger partial charge in [-0.05, 0) is 42.3 Å². The van der Waals surface area contributed by atoms with E-state index >= 15 is 0 Å². The second-order valence-electron chi connectivity index (χ2n) is 4.26. The van der Waals surface area contributed by atoms with E-state index in [-0.39, 0.29) is 0 Å². The monoisotopic (exact) mass is 237 g/mol. The van der Waals surface area contributed by atoms with Gasteiger partial charge in [0.2, 0.25) is 0 Å². The molecule has 0 saturated heterocycles. The number of nitrogens with zero attached hydrogens (tertiary/aromatic N) is 1. The van der Waals surface area contributed by atoms with Crippen molar-refractivity contribution in [3.63, 3.8) is 0 Å². The van der Waals surface area contributed by atoms with Crippen LogP contribution in [0.5, 0.6) is 0 Å². The van der Waals surface area contributed by atoms with E-state index in [0.717, 1.165) is 22.5 Å². The minimum absolute atomic E-state index is 0.656. The lowest BCUT2D eigenvalue weighted by Gasteiger charge is -2.10. The number of nitrogens with two attached hydrogens (primary N) is 1. The fourth-order valence-electron chi connectivity index (χ4n) is 1.77. The maximum absolute atomic E-state index is 8.84. The van der Waals surface area contributed by atoms with Crippen LogP contribution in [0.3, 0.4) is 0 Å². The molecule has 3 nitrogen and oxygen atoms in total. The molecular formula is C15H15N3. The van der Waals surface area contributed by atoms with E-state index < -0.39 is 0 Å². The van der Waals surface area contributed by atoms with Crippen molar-refractivity contribution in [1.29, 1.82) is 5.26 Å². The van der Waals surface area contributed by atoms with Gasteiger partial charge in [0.05, 0.1) is 23.0 Å². The first-order chi connectivity index (χ1) is 8.69. The number of anilines is 2. The number of nitrogen functional groups attached to an aromatic ring is 1. The summed E-state index contributed by atoms with van der Waals surface area (Å²) in [5, 5.41) is 12.1. The van der Waals surface area contributed by atoms with Crippen molar-refractivity contribution in [3.05, 3.63) is 59.2 Å². The van der Waals surface area contributed by atoms with Crippen LogP contribution < -0.4 is 11.1 Å². The molecule has 3 heteroatoms. The van der Waals surface area contributed by atoms with Crippen LogP contribution in [0.1, 0.15) is 16.7 Å². The van der Waals surface area contributed by atoms with Gasteiger partial charge >= 0.3 is 0 Å². The number of nitriles is 1. The van der Waals surface area contributed by atoms with Crippen LogP contribution >= 0.6 is 0 Å². The first-order valence-electron chi connectivity index (χ1n) is 5.78. The van der Waals surface area contributed by atoms with Gasteiger partial charge in [0.25, 0.3) is 0 Å². The van der Waals surface area contributed by atoms with Crippen LogP contribution in [0.4, 0.5) is 11.4 Å². The average Bonchev–Trinajstić information content (AvgIpc) is 2.40. The molecule has 0 fully saturated rings. The number of hydrogen-bond acceptors (Lipinski definition) is 3. The summed E-state index contributed by atoms with van der Waals surface area (Å²) in [4.78, 5) is 0. The molecule has 0 spiro atoms. The number of aryl methyl sites for hydroxylation is 1. The fraction of sp³-hybridized carbons (Fsp3) is 0.133. The van der Waals surface area contributed by atoms with E-state index in [0.29, 0.717) is 12.1 Å². The third kappa shape index (κ3) is 2.80. The summed E-state index contributed by atoms with van der Waals surface area (Å²) in [6, 6.07) is 15.6. The van der Waals surface area contributed by atoms with Gasteiger partial charge in [-0.15, -0.1) is 0 Å². The number of benzene rings is 2. The topological polar surface area (TPSA) is 61.8 Å². The van der Waals surface area contributed by atoms with Crippen LogP contribution in [-0.2, 0) is 6.54 Å². The van der Waals surface area contributed by atoms with Gasteiger partial charge in [0.1, 0.15) is 0 Å². The minimum atomic E-state index is 0.656. The Labute approximate surface area is 107 Å². The molecule has 3 N–H and O–H groups in total. The fourth-order valence-corrected chi connectivity index (χ4v) is 1.77. The van der Waals surface area contributed by atoms with Crippen molar-refractivity contribution in [2.24, 2.45) is 0 Å². The third-order valence-corrected chi connectivity index (χ3v) is 2.75. The zero-order valence-corrected chi connectivity index (χ0v) is 10.3. The summed E-state index contributed by atoms with van der Waals surface area (Å²) < 4.78 is 0. The molecule has 0 atom stereocenters. The maximum Gasteiger partial charge on any atom is 0.0991 e. The Bertz CT molecular complexity index is 597. The SMILES string of the molecule is Cc1ccc(N)c(NCc2cccc(C#N)c2)c1. The third-order valence-electron chi connectivity index (χ3n) is 2.75. The summed E-state index contributed by atoms with van der Waals surface area (Å²) in [6.07, 6.45) is 0. The molecule has 0 aliphatic rings. The van der Waals surface area contributed by atoms with Crippen LogP contribution in [-0.4, -0.2) is 0 Å². The van der Waals surface area contributed by atoms with Gasteiger partial charge in [0, 0.05) is 6.54 Å². The summed E-state index contributed by atoms with van der Waals surface area (Å²) in [5.74, 6) is 0. The second-order valence-corrected chi connectivity index (χ2v) is 4.26. The average molecular weight is 237 g/mol. The van der Waals surface area contributed by atoms with Crippen molar-refractivity contribution < 1.29 is 0 Å². The molecule has 0 radical (unpaired) electrons. The second kappa shape index (κ2) is 5.24. The highest BCUT2D eigenvalue weighted by atomic mass is 14.9. The molecule has 0 aliphatic carbocycles. The first-order valence-corrected chi connectivity index (χ1v) is 5.78. The van der Waals surface area contributed by atoms with Crippen LogP contribution in [0.15, 0.2) is 42.5 Å². The molecule has 90 valence electrons. The zero-order chi connectivity index (χ0) is 13.0. The van der Waals surface area contributed by atoms with Crippen molar-refractivity contribution in [3.8, 4) is 6.07 Å². The Kier molecular flexibility index (Phi) is 3.49. The van der Waals surface area contributed by atoms with Gasteiger partial charge in [-0.25, -0.2) is 0 Å². The Morgan fingerprint density at radius 1 is 1.22 bits per heavy atom. The van der Waals surface area contributed by atoms with Crippen molar-refractivity contribution in [2.75, 3.05) is 11.1 Å². The van der Waals surface area contributed by atoms with Gasteiger partial charge in [0.15, 0.2) is 0 Å². The molecule has 0 heterocycles. The highest BCUT2D eigenvalue weighted by Gasteiger charge is 2.00. The van der Waals surface area contributed by atoms with E-state index in [9.17, 15) is 0 Å². The molecule has 0 saturated carbocycles. The van der Waals surface area contributed by atoms with Crippen LogP contribution in [0.25, 0.3) is 0 Å². The predicted octanol–water partition coefficient (Wildman–Crippen LogP) is 3.06. The molecule has 18 heavy (non-hydrogen) atoms.